The highest BCUT2D eigenvalue weighted by Gasteiger charge is 2.50. The number of aryl methyl sites for hydroxylation is 1. The Morgan fingerprint density at radius 1 is 1.22 bits per heavy atom. The molecule has 3 aliphatic carbocycles. The minimum atomic E-state index is -0.853. The van der Waals surface area contributed by atoms with Gasteiger partial charge in [0.05, 0.1) is 11.0 Å². The van der Waals surface area contributed by atoms with Crippen molar-refractivity contribution in [3.63, 3.8) is 0 Å². The quantitative estimate of drug-likeness (QED) is 0.407. The molecule has 5 atom stereocenters. The Balaban J connectivity index is 1.21. The van der Waals surface area contributed by atoms with Gasteiger partial charge in [0.2, 0.25) is 5.88 Å². The van der Waals surface area contributed by atoms with Crippen LogP contribution < -0.4 is 20.7 Å². The number of nitrogens with zero attached hydrogens (tertiary/aromatic N) is 6. The van der Waals surface area contributed by atoms with Crippen LogP contribution >= 0.6 is 11.3 Å². The van der Waals surface area contributed by atoms with Crippen LogP contribution in [0.3, 0.4) is 0 Å². The number of aromatic nitrogens is 3. The molecule has 238 valence electrons. The summed E-state index contributed by atoms with van der Waals surface area (Å²) in [5, 5.41) is 19.1. The number of thiophene rings is 1. The molecule has 1 saturated carbocycles. The SMILES string of the molecule is C[C@@H]1CN(c2cc(O[C@@H](C)[C@@H]3C[C@@H](F)CN3C)nc(-c3noc4c3CCC[C@@]43CCCc4sc(N)c(C#N)c43)n2)CC2(CC2)N1. The Labute approximate surface area is 267 Å². The van der Waals surface area contributed by atoms with E-state index in [0.29, 0.717) is 47.0 Å². The smallest absolute Gasteiger partial charge is 0.219 e. The molecule has 5 aliphatic rings. The number of fused-ring (bicyclic) bond motifs is 4. The van der Waals surface area contributed by atoms with Crippen LogP contribution in [-0.2, 0) is 18.3 Å². The third kappa shape index (κ3) is 4.81. The number of likely N-dealkylation sites (N-methyl/N-ethyl adjacent to an activating group) is 1. The van der Waals surface area contributed by atoms with Crippen molar-refractivity contribution in [3.8, 4) is 23.5 Å². The van der Waals surface area contributed by atoms with Crippen molar-refractivity contribution >= 4 is 22.2 Å². The summed E-state index contributed by atoms with van der Waals surface area (Å²) in [5.41, 5.74) is 9.38. The molecule has 2 spiro atoms. The molecule has 45 heavy (non-hydrogen) atoms. The van der Waals surface area contributed by atoms with Gasteiger partial charge in [0.1, 0.15) is 29.2 Å². The number of hydrogen-bond acceptors (Lipinski definition) is 11. The number of nitrogens with two attached hydrogens (primary N) is 1. The predicted octanol–water partition coefficient (Wildman–Crippen LogP) is 4.75. The van der Waals surface area contributed by atoms with Crippen LogP contribution in [0.25, 0.3) is 11.5 Å². The number of nitriles is 1. The van der Waals surface area contributed by atoms with Crippen molar-refractivity contribution in [1.29, 1.82) is 5.26 Å². The summed E-state index contributed by atoms with van der Waals surface area (Å²) in [6, 6.07) is 4.62. The summed E-state index contributed by atoms with van der Waals surface area (Å²) < 4.78 is 27.1. The second kappa shape index (κ2) is 10.6. The zero-order chi connectivity index (χ0) is 31.1. The Hall–Kier alpha value is -3.27. The standard InChI is InChI=1S/C33H41FN8O2S/c1-18-15-42(17-32(39-18)10-11-32)25-13-26(43-19(2)23-12-20(34)16-41(23)3)38-31(37-25)28-21-6-4-8-33(29(21)44-40-28)9-5-7-24-27(33)22(14-35)30(36)45-24/h13,18-20,23,39H,4-12,15-17,36H2,1-3H3/t18-,19+,20-,23+,33+/m1/s1. The highest BCUT2D eigenvalue weighted by molar-refractivity contribution is 7.16. The van der Waals surface area contributed by atoms with Crippen LogP contribution in [0.15, 0.2) is 10.6 Å². The molecule has 0 amide bonds. The van der Waals surface area contributed by atoms with Gasteiger partial charge in [-0.25, -0.2) is 9.37 Å². The van der Waals surface area contributed by atoms with E-state index in [9.17, 15) is 9.65 Å². The van der Waals surface area contributed by atoms with E-state index in [1.165, 1.54) is 4.88 Å². The van der Waals surface area contributed by atoms with Crippen molar-refractivity contribution in [3.05, 3.63) is 33.4 Å². The number of rotatable bonds is 5. The lowest BCUT2D eigenvalue weighted by Crippen LogP contribution is -2.57. The first-order valence-corrected chi connectivity index (χ1v) is 17.2. The van der Waals surface area contributed by atoms with Crippen LogP contribution in [0.4, 0.5) is 15.2 Å². The Kier molecular flexibility index (Phi) is 6.89. The molecular formula is C33H41FN8O2S. The molecule has 0 bridgehead atoms. The Morgan fingerprint density at radius 3 is 2.76 bits per heavy atom. The van der Waals surface area contributed by atoms with Crippen LogP contribution in [0, 0.1) is 11.3 Å². The first-order chi connectivity index (χ1) is 21.7. The minimum Gasteiger partial charge on any atom is -0.473 e. The van der Waals surface area contributed by atoms with Crippen molar-refractivity contribution in [2.24, 2.45) is 0 Å². The topological polar surface area (TPSA) is 129 Å². The molecule has 2 aliphatic heterocycles. The fourth-order valence-corrected chi connectivity index (χ4v) is 9.90. The molecule has 0 radical (unpaired) electrons. The number of halogens is 1. The lowest BCUT2D eigenvalue weighted by Gasteiger charge is -2.39. The summed E-state index contributed by atoms with van der Waals surface area (Å²) >= 11 is 1.54. The van der Waals surface area contributed by atoms with E-state index < -0.39 is 11.6 Å². The third-order valence-electron chi connectivity index (χ3n) is 10.9. The van der Waals surface area contributed by atoms with Crippen molar-refractivity contribution in [2.75, 3.05) is 37.3 Å². The first kappa shape index (κ1) is 29.2. The minimum absolute atomic E-state index is 0.0386. The molecule has 3 fully saturated rings. The van der Waals surface area contributed by atoms with Gasteiger partial charge in [-0.2, -0.15) is 10.2 Å². The van der Waals surface area contributed by atoms with Gasteiger partial charge in [-0.15, -0.1) is 11.3 Å². The zero-order valence-electron chi connectivity index (χ0n) is 26.2. The van der Waals surface area contributed by atoms with Gasteiger partial charge in [-0.1, -0.05) is 5.16 Å². The second-order valence-corrected chi connectivity index (χ2v) is 15.3. The van der Waals surface area contributed by atoms with Crippen LogP contribution in [0.5, 0.6) is 5.88 Å². The molecule has 2 saturated heterocycles. The number of hydrogen-bond donors (Lipinski definition) is 2. The number of likely N-dealkylation sites (tertiary alicyclic amines) is 1. The van der Waals surface area contributed by atoms with Gasteiger partial charge < -0.3 is 25.2 Å². The van der Waals surface area contributed by atoms with E-state index in [2.05, 4.69) is 28.4 Å². The second-order valence-electron chi connectivity index (χ2n) is 14.1. The van der Waals surface area contributed by atoms with E-state index in [0.717, 1.165) is 87.2 Å². The molecule has 8 rings (SSSR count). The Morgan fingerprint density at radius 2 is 2.02 bits per heavy atom. The lowest BCUT2D eigenvalue weighted by atomic mass is 9.63. The van der Waals surface area contributed by atoms with E-state index in [1.807, 2.05) is 24.9 Å². The summed E-state index contributed by atoms with van der Waals surface area (Å²) in [5.74, 6) is 2.59. The van der Waals surface area contributed by atoms with Crippen LogP contribution in [-0.4, -0.2) is 76.6 Å². The molecule has 0 unspecified atom stereocenters. The molecule has 3 aromatic rings. The summed E-state index contributed by atoms with van der Waals surface area (Å²) in [6.45, 7) is 6.32. The zero-order valence-corrected chi connectivity index (χ0v) is 27.1. The summed E-state index contributed by atoms with van der Waals surface area (Å²) in [4.78, 5) is 15.6. The maximum atomic E-state index is 14.3. The fourth-order valence-electron chi connectivity index (χ4n) is 8.74. The average molecular weight is 633 g/mol. The predicted molar refractivity (Wildman–Crippen MR) is 170 cm³/mol. The van der Waals surface area contributed by atoms with Gasteiger partial charge in [0.15, 0.2) is 17.3 Å². The number of piperazine rings is 1. The number of nitrogen functional groups attached to an aromatic ring is 1. The van der Waals surface area contributed by atoms with Gasteiger partial charge in [0, 0.05) is 53.8 Å². The number of alkyl halides is 1. The number of nitrogens with one attached hydrogen (secondary N) is 1. The monoisotopic (exact) mass is 632 g/mol. The highest BCUT2D eigenvalue weighted by atomic mass is 32.1. The third-order valence-corrected chi connectivity index (χ3v) is 12.0. The van der Waals surface area contributed by atoms with Gasteiger partial charge in [0.25, 0.3) is 0 Å². The van der Waals surface area contributed by atoms with Crippen molar-refractivity contribution < 1.29 is 13.7 Å². The normalized spacial score (nSPS) is 29.4. The molecule has 5 heterocycles. The number of ether oxygens (including phenoxy) is 1. The van der Waals surface area contributed by atoms with Crippen LogP contribution in [0.1, 0.15) is 86.1 Å². The van der Waals surface area contributed by atoms with Crippen molar-refractivity contribution in [1.82, 2.24) is 25.3 Å². The van der Waals surface area contributed by atoms with E-state index in [4.69, 9.17) is 25.0 Å². The largest absolute Gasteiger partial charge is 0.473 e. The van der Waals surface area contributed by atoms with Crippen LogP contribution in [0.2, 0.25) is 0 Å². The molecule has 3 N–H and O–H groups in total. The maximum Gasteiger partial charge on any atom is 0.219 e. The lowest BCUT2D eigenvalue weighted by molar-refractivity contribution is 0.117. The van der Waals surface area contributed by atoms with Gasteiger partial charge in [-0.05, 0) is 84.2 Å². The van der Waals surface area contributed by atoms with Crippen molar-refractivity contribution in [2.45, 2.75) is 107 Å². The molecule has 10 nitrogen and oxygen atoms in total. The van der Waals surface area contributed by atoms with E-state index in [-0.39, 0.29) is 17.7 Å². The first-order valence-electron chi connectivity index (χ1n) is 16.4. The molecular weight excluding hydrogens is 591 g/mol. The fraction of sp³-hybridized carbons (Fsp3) is 0.636. The molecule has 12 heteroatoms. The summed E-state index contributed by atoms with van der Waals surface area (Å²) in [7, 11) is 1.95. The van der Waals surface area contributed by atoms with E-state index >= 15 is 0 Å². The van der Waals surface area contributed by atoms with Gasteiger partial charge in [-0.3, -0.25) is 4.90 Å². The number of anilines is 2. The molecule has 0 aromatic carbocycles. The highest BCUT2D eigenvalue weighted by Crippen LogP contribution is 2.55. The van der Waals surface area contributed by atoms with E-state index in [1.54, 1.807) is 11.3 Å². The maximum absolute atomic E-state index is 14.3. The average Bonchev–Trinajstić information content (AvgIpc) is 3.30. The van der Waals surface area contributed by atoms with Gasteiger partial charge >= 0.3 is 0 Å². The summed E-state index contributed by atoms with van der Waals surface area (Å²) in [6.07, 6.45) is 7.11. The Bertz CT molecular complexity index is 1680. The molecule has 3 aromatic heterocycles.